The molecule has 2 rings (SSSR count). The van der Waals surface area contributed by atoms with E-state index in [1.807, 2.05) is 6.92 Å². The van der Waals surface area contributed by atoms with Crippen molar-refractivity contribution >= 4 is 17.3 Å². The molecule has 0 spiro atoms. The number of nitrogens with zero attached hydrogens (tertiary/aromatic N) is 2. The number of nitro benzene ring substituents is 1. The van der Waals surface area contributed by atoms with Crippen LogP contribution in [0, 0.1) is 16.0 Å². The van der Waals surface area contributed by atoms with Gasteiger partial charge in [-0.05, 0) is 37.8 Å². The van der Waals surface area contributed by atoms with E-state index in [0.29, 0.717) is 24.7 Å². The third-order valence-corrected chi connectivity index (χ3v) is 3.92. The molecular formula is C15H21N3O3. The van der Waals surface area contributed by atoms with Crippen molar-refractivity contribution in [3.8, 4) is 0 Å². The van der Waals surface area contributed by atoms with Crippen molar-refractivity contribution in [3.63, 3.8) is 0 Å². The van der Waals surface area contributed by atoms with Crippen molar-refractivity contribution in [1.82, 2.24) is 4.90 Å². The Hall–Kier alpha value is -2.11. The minimum absolute atomic E-state index is 0.134. The summed E-state index contributed by atoms with van der Waals surface area (Å²) in [5, 5.41) is 14.3. The van der Waals surface area contributed by atoms with Crippen molar-refractivity contribution in [2.75, 3.05) is 25.5 Å². The van der Waals surface area contributed by atoms with Crippen LogP contribution in [-0.2, 0) is 0 Å². The highest BCUT2D eigenvalue weighted by atomic mass is 16.6. The predicted molar refractivity (Wildman–Crippen MR) is 81.6 cm³/mol. The van der Waals surface area contributed by atoms with Crippen LogP contribution in [0.1, 0.15) is 36.5 Å². The van der Waals surface area contributed by atoms with Gasteiger partial charge in [0, 0.05) is 20.1 Å². The number of hydrogen-bond donors (Lipinski definition) is 1. The van der Waals surface area contributed by atoms with Gasteiger partial charge in [0.25, 0.3) is 5.91 Å². The lowest BCUT2D eigenvalue weighted by Crippen LogP contribution is -2.34. The Morgan fingerprint density at radius 3 is 2.71 bits per heavy atom. The molecule has 0 bridgehead atoms. The highest BCUT2D eigenvalue weighted by Gasteiger charge is 2.28. The lowest BCUT2D eigenvalue weighted by molar-refractivity contribution is -0.384. The average Bonchev–Trinajstić information content (AvgIpc) is 2.41. The normalized spacial score (nSPS) is 14.4. The maximum absolute atomic E-state index is 12.5. The van der Waals surface area contributed by atoms with E-state index in [1.165, 1.54) is 12.5 Å². The van der Waals surface area contributed by atoms with Crippen LogP contribution in [0.3, 0.4) is 0 Å². The smallest absolute Gasteiger partial charge is 0.305 e. The second-order valence-corrected chi connectivity index (χ2v) is 5.47. The summed E-state index contributed by atoms with van der Waals surface area (Å²) in [7, 11) is 1.71. The topological polar surface area (TPSA) is 75.5 Å². The third-order valence-electron chi connectivity index (χ3n) is 3.92. The maximum Gasteiger partial charge on any atom is 0.305 e. The molecule has 1 aliphatic carbocycles. The number of carbonyl (C=O) groups excluding carboxylic acids is 1. The van der Waals surface area contributed by atoms with Crippen LogP contribution >= 0.6 is 0 Å². The van der Waals surface area contributed by atoms with Crippen molar-refractivity contribution in [2.45, 2.75) is 26.2 Å². The standard InChI is InChI=1S/C15H21N3O3/c1-3-16-13-9-5-8-12(14(13)18(20)21)15(19)17(2)10-11-6-4-7-11/h5,8-9,11,16H,3-4,6-7,10H2,1-2H3. The molecule has 0 saturated heterocycles. The van der Waals surface area contributed by atoms with Crippen molar-refractivity contribution in [2.24, 2.45) is 5.92 Å². The van der Waals surface area contributed by atoms with Gasteiger partial charge in [0.15, 0.2) is 0 Å². The molecule has 0 radical (unpaired) electrons. The fourth-order valence-corrected chi connectivity index (χ4v) is 2.60. The largest absolute Gasteiger partial charge is 0.380 e. The van der Waals surface area contributed by atoms with E-state index in [0.717, 1.165) is 12.8 Å². The maximum atomic E-state index is 12.5. The van der Waals surface area contributed by atoms with Gasteiger partial charge in [-0.1, -0.05) is 12.5 Å². The molecule has 1 amide bonds. The Balaban J connectivity index is 2.26. The summed E-state index contributed by atoms with van der Waals surface area (Å²) in [4.78, 5) is 24.9. The first-order valence-electron chi connectivity index (χ1n) is 7.31. The van der Waals surface area contributed by atoms with Gasteiger partial charge >= 0.3 is 5.69 Å². The number of para-hydroxylation sites is 1. The molecule has 1 aliphatic rings. The van der Waals surface area contributed by atoms with Crippen LogP contribution in [0.2, 0.25) is 0 Å². The van der Waals surface area contributed by atoms with E-state index in [9.17, 15) is 14.9 Å². The van der Waals surface area contributed by atoms with Crippen LogP contribution < -0.4 is 5.32 Å². The van der Waals surface area contributed by atoms with Gasteiger partial charge in [-0.15, -0.1) is 0 Å². The zero-order valence-corrected chi connectivity index (χ0v) is 12.5. The number of nitrogens with one attached hydrogen (secondary N) is 1. The zero-order chi connectivity index (χ0) is 15.4. The number of anilines is 1. The Morgan fingerprint density at radius 1 is 1.48 bits per heavy atom. The van der Waals surface area contributed by atoms with Crippen LogP contribution in [0.15, 0.2) is 18.2 Å². The zero-order valence-electron chi connectivity index (χ0n) is 12.5. The van der Waals surface area contributed by atoms with Crippen molar-refractivity contribution in [3.05, 3.63) is 33.9 Å². The Bertz CT molecular complexity index is 541. The molecule has 1 aromatic carbocycles. The predicted octanol–water partition coefficient (Wildman–Crippen LogP) is 2.90. The molecule has 0 unspecified atom stereocenters. The van der Waals surface area contributed by atoms with Gasteiger partial charge in [0.1, 0.15) is 11.3 Å². The van der Waals surface area contributed by atoms with Crippen LogP contribution in [0.4, 0.5) is 11.4 Å². The molecule has 21 heavy (non-hydrogen) atoms. The van der Waals surface area contributed by atoms with E-state index >= 15 is 0 Å². The second-order valence-electron chi connectivity index (χ2n) is 5.47. The molecule has 6 nitrogen and oxygen atoms in total. The number of amides is 1. The Morgan fingerprint density at radius 2 is 2.19 bits per heavy atom. The highest BCUT2D eigenvalue weighted by molar-refractivity contribution is 6.00. The minimum atomic E-state index is -0.484. The number of nitro groups is 1. The first-order valence-corrected chi connectivity index (χ1v) is 7.31. The summed E-state index contributed by atoms with van der Waals surface area (Å²) >= 11 is 0. The first-order chi connectivity index (χ1) is 10.0. The molecule has 1 aromatic rings. The van der Waals surface area contributed by atoms with Gasteiger partial charge in [-0.3, -0.25) is 14.9 Å². The summed E-state index contributed by atoms with van der Waals surface area (Å²) in [6, 6.07) is 4.83. The second kappa shape index (κ2) is 6.56. The molecular weight excluding hydrogens is 270 g/mol. The fourth-order valence-electron chi connectivity index (χ4n) is 2.60. The quantitative estimate of drug-likeness (QED) is 0.646. The summed E-state index contributed by atoms with van der Waals surface area (Å²) in [6.07, 6.45) is 3.48. The Kier molecular flexibility index (Phi) is 4.77. The van der Waals surface area contributed by atoms with Crippen molar-refractivity contribution in [1.29, 1.82) is 0 Å². The number of carbonyl (C=O) groups is 1. The summed E-state index contributed by atoms with van der Waals surface area (Å²) in [5.41, 5.74) is 0.412. The molecule has 1 saturated carbocycles. The third kappa shape index (κ3) is 3.32. The van der Waals surface area contributed by atoms with Gasteiger partial charge in [-0.25, -0.2) is 0 Å². The monoisotopic (exact) mass is 291 g/mol. The van der Waals surface area contributed by atoms with Crippen LogP contribution in [0.25, 0.3) is 0 Å². The van der Waals surface area contributed by atoms with Gasteiger partial charge in [0.05, 0.1) is 4.92 Å². The molecule has 6 heteroatoms. The minimum Gasteiger partial charge on any atom is -0.380 e. The lowest BCUT2D eigenvalue weighted by Gasteiger charge is -2.30. The lowest BCUT2D eigenvalue weighted by atomic mass is 9.85. The molecule has 0 aliphatic heterocycles. The Labute approximate surface area is 124 Å². The van der Waals surface area contributed by atoms with Gasteiger partial charge in [-0.2, -0.15) is 0 Å². The van der Waals surface area contributed by atoms with E-state index in [1.54, 1.807) is 24.1 Å². The molecule has 0 atom stereocenters. The summed E-state index contributed by atoms with van der Waals surface area (Å²) in [5.74, 6) is 0.253. The number of benzene rings is 1. The average molecular weight is 291 g/mol. The molecule has 114 valence electrons. The van der Waals surface area contributed by atoms with Crippen LogP contribution in [-0.4, -0.2) is 35.9 Å². The summed E-state index contributed by atoms with van der Waals surface area (Å²) < 4.78 is 0. The molecule has 0 heterocycles. The van der Waals surface area contributed by atoms with Gasteiger partial charge < -0.3 is 10.2 Å². The number of hydrogen-bond acceptors (Lipinski definition) is 4. The molecule has 0 aromatic heterocycles. The van der Waals surface area contributed by atoms with E-state index < -0.39 is 4.92 Å². The SMILES string of the molecule is CCNc1cccc(C(=O)N(C)CC2CCC2)c1[N+](=O)[O-]. The summed E-state index contributed by atoms with van der Waals surface area (Å²) in [6.45, 7) is 3.10. The fraction of sp³-hybridized carbons (Fsp3) is 0.533. The highest BCUT2D eigenvalue weighted by Crippen LogP contribution is 2.31. The van der Waals surface area contributed by atoms with Crippen LogP contribution in [0.5, 0.6) is 0 Å². The van der Waals surface area contributed by atoms with Gasteiger partial charge in [0.2, 0.25) is 0 Å². The first kappa shape index (κ1) is 15.3. The molecule has 1 fully saturated rings. The van der Waals surface area contributed by atoms with E-state index in [2.05, 4.69) is 5.32 Å². The number of rotatable bonds is 6. The van der Waals surface area contributed by atoms with E-state index in [-0.39, 0.29) is 17.2 Å². The van der Waals surface area contributed by atoms with Crippen molar-refractivity contribution < 1.29 is 9.72 Å². The van der Waals surface area contributed by atoms with E-state index in [4.69, 9.17) is 0 Å². The molecule has 1 N–H and O–H groups in total.